The molecular weight excluding hydrogens is 544 g/mol. The number of carbonyl (C=O) groups excluding carboxylic acids is 3. The summed E-state index contributed by atoms with van der Waals surface area (Å²) < 4.78 is 11.4. The van der Waals surface area contributed by atoms with Crippen molar-refractivity contribution in [2.75, 3.05) is 31.6 Å². The van der Waals surface area contributed by atoms with Gasteiger partial charge in [-0.3, -0.25) is 9.69 Å². The zero-order valence-corrected chi connectivity index (χ0v) is 23.6. The van der Waals surface area contributed by atoms with Crippen LogP contribution in [0.5, 0.6) is 0 Å². The Morgan fingerprint density at radius 1 is 1.35 bits per heavy atom. The second-order valence-electron chi connectivity index (χ2n) is 10.5. The maximum atomic E-state index is 13.9. The lowest BCUT2D eigenvalue weighted by Crippen LogP contribution is -2.71. The van der Waals surface area contributed by atoms with Gasteiger partial charge in [0.25, 0.3) is 5.91 Å². The fourth-order valence-electron chi connectivity index (χ4n) is 4.88. The Morgan fingerprint density at radius 3 is 2.70 bits per heavy atom. The molecule has 0 aliphatic carbocycles. The summed E-state index contributed by atoms with van der Waals surface area (Å²) in [4.78, 5) is 51.0. The molecule has 0 bridgehead atoms. The van der Waals surface area contributed by atoms with Crippen molar-refractivity contribution in [3.63, 3.8) is 0 Å². The van der Waals surface area contributed by atoms with E-state index in [2.05, 4.69) is 33.1 Å². The number of imide groups is 1. The molecule has 12 heteroatoms. The number of alkyl carbamates (subject to hydrolysis) is 1. The highest BCUT2D eigenvalue weighted by molar-refractivity contribution is 9.10. The molecule has 0 aromatic carbocycles. The van der Waals surface area contributed by atoms with Gasteiger partial charge in [-0.15, -0.1) is 5.92 Å². The van der Waals surface area contributed by atoms with Crippen LogP contribution in [0, 0.1) is 11.8 Å². The number of guanidine groups is 1. The fourth-order valence-corrected chi connectivity index (χ4v) is 5.18. The Balaban J connectivity index is 1.63. The molecule has 3 aliphatic rings. The number of likely N-dealkylation sites (N-methyl/N-ethyl adjacent to an activating group) is 1. The molecule has 37 heavy (non-hydrogen) atoms. The topological polar surface area (TPSA) is 111 Å². The van der Waals surface area contributed by atoms with Crippen LogP contribution >= 0.6 is 15.9 Å². The number of likely N-dealkylation sites (tertiary alicyclic amines) is 1. The van der Waals surface area contributed by atoms with E-state index in [1.54, 1.807) is 33.0 Å². The van der Waals surface area contributed by atoms with Crippen molar-refractivity contribution in [2.24, 2.45) is 4.99 Å². The smallest absolute Gasteiger partial charge is 0.407 e. The van der Waals surface area contributed by atoms with Crippen LogP contribution in [-0.4, -0.2) is 88.7 Å². The van der Waals surface area contributed by atoms with Crippen molar-refractivity contribution in [3.8, 4) is 11.8 Å². The lowest BCUT2D eigenvalue weighted by Gasteiger charge is -2.46. The number of hydrogen-bond donors (Lipinski definition) is 1. The van der Waals surface area contributed by atoms with Crippen molar-refractivity contribution in [2.45, 2.75) is 70.8 Å². The molecule has 0 radical (unpaired) electrons. The van der Waals surface area contributed by atoms with E-state index in [4.69, 9.17) is 14.1 Å². The van der Waals surface area contributed by atoms with Crippen LogP contribution in [-0.2, 0) is 9.53 Å². The largest absolute Gasteiger partial charge is 0.444 e. The van der Waals surface area contributed by atoms with Gasteiger partial charge >= 0.3 is 12.1 Å². The van der Waals surface area contributed by atoms with Crippen molar-refractivity contribution in [1.82, 2.24) is 20.0 Å². The second-order valence-corrected chi connectivity index (χ2v) is 11.3. The third-order valence-corrected chi connectivity index (χ3v) is 7.08. The molecule has 200 valence electrons. The molecule has 3 atom stereocenters. The highest BCUT2D eigenvalue weighted by atomic mass is 79.9. The van der Waals surface area contributed by atoms with Gasteiger partial charge in [-0.25, -0.2) is 14.6 Å². The quantitative estimate of drug-likeness (QED) is 0.550. The van der Waals surface area contributed by atoms with Crippen LogP contribution in [0.1, 0.15) is 47.5 Å². The summed E-state index contributed by atoms with van der Waals surface area (Å²) in [6.07, 6.45) is 1.13. The Hall–Kier alpha value is -3.20. The zero-order chi connectivity index (χ0) is 27.1. The van der Waals surface area contributed by atoms with E-state index < -0.39 is 35.3 Å². The van der Waals surface area contributed by atoms with Gasteiger partial charge in [0, 0.05) is 32.2 Å². The van der Waals surface area contributed by atoms with Crippen molar-refractivity contribution >= 4 is 45.8 Å². The number of fused-ring (bicyclic) bond motifs is 1. The average Bonchev–Trinajstić information content (AvgIpc) is 3.36. The number of urea groups is 1. The molecule has 4 rings (SSSR count). The lowest BCUT2D eigenvalue weighted by molar-refractivity contribution is -0.127. The van der Waals surface area contributed by atoms with Crippen LogP contribution in [0.2, 0.25) is 0 Å². The Labute approximate surface area is 225 Å². The molecule has 4 amide bonds. The van der Waals surface area contributed by atoms with E-state index in [1.807, 2.05) is 30.6 Å². The summed E-state index contributed by atoms with van der Waals surface area (Å²) in [6, 6.07) is 1.70. The van der Waals surface area contributed by atoms with E-state index in [1.165, 1.54) is 4.90 Å². The zero-order valence-electron chi connectivity index (χ0n) is 22.0. The maximum absolute atomic E-state index is 13.9. The molecule has 2 unspecified atom stereocenters. The molecule has 1 N–H and O–H groups in total. The fraction of sp³-hybridized carbons (Fsp3) is 0.600. The van der Waals surface area contributed by atoms with E-state index >= 15 is 0 Å². The van der Waals surface area contributed by atoms with Crippen LogP contribution < -0.4 is 10.2 Å². The third-order valence-electron chi connectivity index (χ3n) is 6.66. The molecule has 1 aromatic heterocycles. The molecule has 2 saturated heterocycles. The van der Waals surface area contributed by atoms with Gasteiger partial charge in [0.05, 0.1) is 6.54 Å². The monoisotopic (exact) mass is 576 g/mol. The third kappa shape index (κ3) is 5.14. The van der Waals surface area contributed by atoms with Crippen LogP contribution in [0.4, 0.5) is 15.5 Å². The highest BCUT2D eigenvalue weighted by Crippen LogP contribution is 2.40. The number of rotatable bonds is 3. The molecule has 3 aliphatic heterocycles. The summed E-state index contributed by atoms with van der Waals surface area (Å²) in [7, 11) is 1.63. The minimum atomic E-state index is -1.15. The van der Waals surface area contributed by atoms with E-state index in [-0.39, 0.29) is 18.5 Å². The number of nitrogens with one attached hydrogen (secondary N) is 1. The van der Waals surface area contributed by atoms with Crippen molar-refractivity contribution in [1.29, 1.82) is 0 Å². The van der Waals surface area contributed by atoms with Gasteiger partial charge < -0.3 is 24.3 Å². The van der Waals surface area contributed by atoms with Crippen LogP contribution in [0.25, 0.3) is 0 Å². The predicted molar refractivity (Wildman–Crippen MR) is 141 cm³/mol. The van der Waals surface area contributed by atoms with Crippen molar-refractivity contribution < 1.29 is 23.5 Å². The molecule has 2 fully saturated rings. The maximum Gasteiger partial charge on any atom is 0.407 e. The van der Waals surface area contributed by atoms with Gasteiger partial charge in [-0.1, -0.05) is 5.92 Å². The molecule has 0 spiro atoms. The molecule has 0 saturated carbocycles. The van der Waals surface area contributed by atoms with Crippen LogP contribution in [0.15, 0.2) is 26.2 Å². The number of ether oxygens (including phenoxy) is 1. The van der Waals surface area contributed by atoms with Crippen molar-refractivity contribution in [3.05, 3.63) is 16.8 Å². The Kier molecular flexibility index (Phi) is 7.21. The SMILES string of the molecule is CC#CCN1C(N2CCC[C@@H](NC(=O)OC(C)(C)C)C2)=NC2(C)C1C(=O)N(c1ccc(Br)o1)C(=O)N2C. The minimum Gasteiger partial charge on any atom is -0.444 e. The summed E-state index contributed by atoms with van der Waals surface area (Å²) in [5, 5.41) is 2.95. The van der Waals surface area contributed by atoms with Gasteiger partial charge in [-0.05, 0) is 69.5 Å². The first-order valence-corrected chi connectivity index (χ1v) is 13.0. The molecule has 4 heterocycles. The number of anilines is 1. The number of carbonyl (C=O) groups is 3. The lowest BCUT2D eigenvalue weighted by atomic mass is 9.97. The standard InChI is InChI=1S/C25H33BrN6O5/c1-7-8-14-31-19-20(33)32(18-12-11-17(26)36-18)23(35)29(6)25(19,5)28-21(31)30-13-9-10-16(15-30)27-22(34)37-24(2,3)4/h11-12,16,19H,9-10,13-15H2,1-6H3,(H,27,34)/t16-,19?,25?/m1/s1. The first-order chi connectivity index (χ1) is 17.4. The Morgan fingerprint density at radius 2 is 2.08 bits per heavy atom. The van der Waals surface area contributed by atoms with Crippen LogP contribution in [0.3, 0.4) is 0 Å². The number of amides is 4. The minimum absolute atomic E-state index is 0.130. The number of aliphatic imine (C=N–C) groups is 1. The van der Waals surface area contributed by atoms with E-state index in [0.717, 1.165) is 17.7 Å². The van der Waals surface area contributed by atoms with Gasteiger partial charge in [0.2, 0.25) is 11.8 Å². The summed E-state index contributed by atoms with van der Waals surface area (Å²) in [5.41, 5.74) is -1.74. The summed E-state index contributed by atoms with van der Waals surface area (Å²) in [6.45, 7) is 10.4. The van der Waals surface area contributed by atoms with E-state index in [9.17, 15) is 14.4 Å². The highest BCUT2D eigenvalue weighted by Gasteiger charge is 2.61. The summed E-state index contributed by atoms with van der Waals surface area (Å²) in [5.74, 6) is 6.21. The number of piperidine rings is 1. The molecule has 11 nitrogen and oxygen atoms in total. The first-order valence-electron chi connectivity index (χ1n) is 12.2. The Bertz CT molecular complexity index is 1180. The normalized spacial score (nSPS) is 26.0. The summed E-state index contributed by atoms with van der Waals surface area (Å²) >= 11 is 3.24. The number of halogens is 1. The molecular formula is C25H33BrN6O5. The number of furan rings is 1. The first kappa shape index (κ1) is 26.9. The number of hydrogen-bond acceptors (Lipinski definition) is 8. The van der Waals surface area contributed by atoms with Gasteiger partial charge in [-0.2, -0.15) is 4.90 Å². The average molecular weight is 577 g/mol. The number of nitrogens with zero attached hydrogens (tertiary/aromatic N) is 5. The predicted octanol–water partition coefficient (Wildman–Crippen LogP) is 3.21. The van der Waals surface area contributed by atoms with Gasteiger partial charge in [0.15, 0.2) is 16.4 Å². The molecule has 1 aromatic rings. The second kappa shape index (κ2) is 9.93. The van der Waals surface area contributed by atoms with Gasteiger partial charge in [0.1, 0.15) is 5.60 Å². The van der Waals surface area contributed by atoms with E-state index in [0.29, 0.717) is 23.7 Å².